The Labute approximate surface area is 133 Å². The molecule has 0 aliphatic heterocycles. The van der Waals surface area contributed by atoms with Crippen molar-refractivity contribution in [2.75, 3.05) is 0 Å². The van der Waals surface area contributed by atoms with Crippen molar-refractivity contribution in [3.8, 4) is 0 Å². The Morgan fingerprint density at radius 3 is 2.43 bits per heavy atom. The molecule has 0 saturated carbocycles. The molecule has 4 rings (SSSR count). The van der Waals surface area contributed by atoms with Crippen LogP contribution < -0.4 is 0 Å². The van der Waals surface area contributed by atoms with Crippen molar-refractivity contribution in [3.05, 3.63) is 84.6 Å². The first kappa shape index (κ1) is 13.3. The molecule has 0 aliphatic rings. The summed E-state index contributed by atoms with van der Waals surface area (Å²) in [7, 11) is 0. The van der Waals surface area contributed by atoms with Crippen LogP contribution in [0.5, 0.6) is 0 Å². The van der Waals surface area contributed by atoms with Gasteiger partial charge in [-0.3, -0.25) is 0 Å². The fourth-order valence-electron chi connectivity index (χ4n) is 2.38. The smallest absolute Gasteiger partial charge is 0.165 e. The summed E-state index contributed by atoms with van der Waals surface area (Å²) in [4.78, 5) is 8.97. The van der Waals surface area contributed by atoms with Crippen molar-refractivity contribution in [2.45, 2.75) is 0 Å². The molecule has 2 aromatic carbocycles. The number of benzene rings is 2. The van der Waals surface area contributed by atoms with E-state index in [4.69, 9.17) is 0 Å². The van der Waals surface area contributed by atoms with Crippen molar-refractivity contribution < 1.29 is 0 Å². The average Bonchev–Trinajstić information content (AvgIpc) is 3.05. The number of pyridine rings is 1. The first-order valence-corrected chi connectivity index (χ1v) is 7.28. The van der Waals surface area contributed by atoms with Gasteiger partial charge in [0.05, 0.1) is 5.52 Å². The topological polar surface area (TPSA) is 56.0 Å². The highest BCUT2D eigenvalue weighted by molar-refractivity contribution is 6.04. The maximum atomic E-state index is 4.69. The Morgan fingerprint density at radius 2 is 1.61 bits per heavy atom. The van der Waals surface area contributed by atoms with Gasteiger partial charge in [-0.25, -0.2) is 9.98 Å². The van der Waals surface area contributed by atoms with Crippen LogP contribution in [0.15, 0.2) is 84.0 Å². The van der Waals surface area contributed by atoms with Crippen LogP contribution in [0.1, 0.15) is 5.56 Å². The molecule has 0 aliphatic carbocycles. The molecular weight excluding hydrogens is 286 g/mol. The Morgan fingerprint density at radius 1 is 0.826 bits per heavy atom. The molecule has 0 atom stereocenters. The molecule has 5 heteroatoms. The number of aliphatic imine (C=N–C) groups is 1. The summed E-state index contributed by atoms with van der Waals surface area (Å²) in [5.74, 6) is 1.32. The molecule has 0 unspecified atom stereocenters. The van der Waals surface area contributed by atoms with Crippen molar-refractivity contribution in [3.63, 3.8) is 0 Å². The van der Waals surface area contributed by atoms with Gasteiger partial charge in [0.15, 0.2) is 11.7 Å². The largest absolute Gasteiger partial charge is 0.237 e. The first-order chi connectivity index (χ1) is 11.4. The minimum atomic E-state index is 0.630. The summed E-state index contributed by atoms with van der Waals surface area (Å²) in [5, 5.41) is 8.49. The molecule has 23 heavy (non-hydrogen) atoms. The van der Waals surface area contributed by atoms with E-state index in [9.17, 15) is 0 Å². The number of hydrogen-bond acceptors (Lipinski definition) is 4. The van der Waals surface area contributed by atoms with Crippen molar-refractivity contribution in [1.82, 2.24) is 20.0 Å². The number of aromatic nitrogens is 4. The van der Waals surface area contributed by atoms with E-state index in [1.807, 2.05) is 72.8 Å². The Bertz CT molecular complexity index is 958. The molecule has 0 radical (unpaired) electrons. The van der Waals surface area contributed by atoms with Gasteiger partial charge < -0.3 is 0 Å². The molecule has 5 nitrogen and oxygen atoms in total. The molecule has 0 N–H and O–H groups in total. The lowest BCUT2D eigenvalue weighted by atomic mass is 10.2. The molecule has 2 aromatic heterocycles. The third kappa shape index (κ3) is 2.60. The van der Waals surface area contributed by atoms with Crippen LogP contribution in [-0.2, 0) is 0 Å². The Balaban J connectivity index is 1.94. The standard InChI is InChI=1S/C18H13N5/c1-2-8-14(9-3-1)18(20-17-12-6-7-13-19-17)23-16-11-5-4-10-15(16)21-22-23/h1-13H. The number of hydrogen-bond donors (Lipinski definition) is 0. The quantitative estimate of drug-likeness (QED) is 0.421. The van der Waals surface area contributed by atoms with E-state index >= 15 is 0 Å². The lowest BCUT2D eigenvalue weighted by molar-refractivity contribution is 0.861. The van der Waals surface area contributed by atoms with Crippen molar-refractivity contribution in [1.29, 1.82) is 0 Å². The molecule has 0 spiro atoms. The van der Waals surface area contributed by atoms with Crippen LogP contribution in [0.2, 0.25) is 0 Å². The predicted molar refractivity (Wildman–Crippen MR) is 89.8 cm³/mol. The van der Waals surface area contributed by atoms with Crippen molar-refractivity contribution >= 4 is 22.7 Å². The van der Waals surface area contributed by atoms with Crippen LogP contribution in [0.4, 0.5) is 5.82 Å². The summed E-state index contributed by atoms with van der Waals surface area (Å²) in [5.41, 5.74) is 2.69. The molecule has 0 bridgehead atoms. The van der Waals surface area contributed by atoms with Crippen LogP contribution in [0, 0.1) is 0 Å². The van der Waals surface area contributed by atoms with Crippen molar-refractivity contribution in [2.24, 2.45) is 4.99 Å². The lowest BCUT2D eigenvalue weighted by Gasteiger charge is -2.07. The average molecular weight is 299 g/mol. The van der Waals surface area contributed by atoms with Gasteiger partial charge >= 0.3 is 0 Å². The first-order valence-electron chi connectivity index (χ1n) is 7.28. The highest BCUT2D eigenvalue weighted by Gasteiger charge is 2.12. The summed E-state index contributed by atoms with van der Waals surface area (Å²) >= 11 is 0. The molecule has 110 valence electrons. The number of para-hydroxylation sites is 1. The summed E-state index contributed by atoms with van der Waals surface area (Å²) < 4.78 is 1.75. The fraction of sp³-hybridized carbons (Fsp3) is 0. The van der Waals surface area contributed by atoms with E-state index in [1.54, 1.807) is 10.9 Å². The molecule has 4 aromatic rings. The minimum absolute atomic E-state index is 0.630. The normalized spacial score (nSPS) is 11.7. The highest BCUT2D eigenvalue weighted by atomic mass is 15.4. The third-order valence-corrected chi connectivity index (χ3v) is 3.45. The van der Waals surface area contributed by atoms with Crippen LogP contribution >= 0.6 is 0 Å². The van der Waals surface area contributed by atoms with E-state index in [0.29, 0.717) is 11.7 Å². The zero-order valence-electron chi connectivity index (χ0n) is 12.2. The van der Waals surface area contributed by atoms with Gasteiger partial charge in [0, 0.05) is 11.8 Å². The second kappa shape index (κ2) is 5.81. The van der Waals surface area contributed by atoms with Gasteiger partial charge in [-0.2, -0.15) is 4.68 Å². The van der Waals surface area contributed by atoms with Gasteiger partial charge in [-0.05, 0) is 24.3 Å². The van der Waals surface area contributed by atoms with E-state index in [0.717, 1.165) is 16.6 Å². The maximum absolute atomic E-state index is 4.69. The zero-order chi connectivity index (χ0) is 15.5. The van der Waals surface area contributed by atoms with E-state index in [2.05, 4.69) is 20.3 Å². The molecular formula is C18H13N5. The van der Waals surface area contributed by atoms with Gasteiger partial charge in [0.25, 0.3) is 0 Å². The van der Waals surface area contributed by atoms with Gasteiger partial charge in [-0.15, -0.1) is 5.10 Å². The summed E-state index contributed by atoms with van der Waals surface area (Å²) in [6, 6.07) is 23.4. The highest BCUT2D eigenvalue weighted by Crippen LogP contribution is 2.16. The van der Waals surface area contributed by atoms with Crippen LogP contribution in [0.3, 0.4) is 0 Å². The fourth-order valence-corrected chi connectivity index (χ4v) is 2.38. The van der Waals surface area contributed by atoms with Crippen LogP contribution in [-0.4, -0.2) is 25.8 Å². The molecule has 0 amide bonds. The Kier molecular flexibility index (Phi) is 3.37. The predicted octanol–water partition coefficient (Wildman–Crippen LogP) is 3.45. The summed E-state index contributed by atoms with van der Waals surface area (Å²) in [6.07, 6.45) is 1.72. The minimum Gasteiger partial charge on any atom is -0.237 e. The number of fused-ring (bicyclic) bond motifs is 1. The lowest BCUT2D eigenvalue weighted by Crippen LogP contribution is -2.15. The maximum Gasteiger partial charge on any atom is 0.165 e. The van der Waals surface area contributed by atoms with Gasteiger partial charge in [0.1, 0.15) is 5.52 Å². The zero-order valence-corrected chi connectivity index (χ0v) is 12.2. The van der Waals surface area contributed by atoms with E-state index in [1.165, 1.54) is 0 Å². The number of nitrogens with zero attached hydrogens (tertiary/aromatic N) is 5. The SMILES string of the molecule is c1ccc(C(=Nc2ccccn2)n2nnc3ccccc32)cc1. The van der Waals surface area contributed by atoms with E-state index in [-0.39, 0.29) is 0 Å². The monoisotopic (exact) mass is 299 g/mol. The molecule has 2 heterocycles. The van der Waals surface area contributed by atoms with Gasteiger partial charge in [0.2, 0.25) is 0 Å². The van der Waals surface area contributed by atoms with E-state index < -0.39 is 0 Å². The van der Waals surface area contributed by atoms with Gasteiger partial charge in [-0.1, -0.05) is 53.7 Å². The molecule has 0 fully saturated rings. The number of rotatable bonds is 2. The molecule has 0 saturated heterocycles. The second-order valence-corrected chi connectivity index (χ2v) is 4.98. The third-order valence-electron chi connectivity index (χ3n) is 3.45. The van der Waals surface area contributed by atoms with Crippen LogP contribution in [0.25, 0.3) is 11.0 Å². The Hall–Kier alpha value is -3.34. The second-order valence-electron chi connectivity index (χ2n) is 4.98. The summed E-state index contributed by atoms with van der Waals surface area (Å²) in [6.45, 7) is 0.